The highest BCUT2D eigenvalue weighted by molar-refractivity contribution is 7.80. The average Bonchev–Trinajstić information content (AvgIpc) is 2.26. The van der Waals surface area contributed by atoms with Gasteiger partial charge in [0.25, 0.3) is 0 Å². The Bertz CT molecular complexity index is 505. The Morgan fingerprint density at radius 2 is 2.28 bits per heavy atom. The number of hydrogen-bond acceptors (Lipinski definition) is 4. The van der Waals surface area contributed by atoms with Gasteiger partial charge in [-0.05, 0) is 18.0 Å². The maximum Gasteiger partial charge on any atom is 0.222 e. The van der Waals surface area contributed by atoms with Crippen molar-refractivity contribution in [3.8, 4) is 0 Å². The number of thiocarbonyl (C=S) groups is 1. The molecule has 0 aliphatic heterocycles. The maximum atomic E-state index is 13.0. The third kappa shape index (κ3) is 4.10. The van der Waals surface area contributed by atoms with E-state index in [1.54, 1.807) is 6.07 Å². The summed E-state index contributed by atoms with van der Waals surface area (Å²) in [5.41, 5.74) is 5.28. The highest BCUT2D eigenvalue weighted by atomic mass is 32.1. The second-order valence-electron chi connectivity index (χ2n) is 3.48. The van der Waals surface area contributed by atoms with Crippen molar-refractivity contribution >= 4 is 29.0 Å². The number of carbonyl (C=O) groups excluding carboxylic acids is 1. The van der Waals surface area contributed by atoms with Gasteiger partial charge in [0, 0.05) is 12.6 Å². The van der Waals surface area contributed by atoms with E-state index in [-0.39, 0.29) is 4.99 Å². The minimum atomic E-state index is -0.770. The molecule has 0 saturated heterocycles. The lowest BCUT2D eigenvalue weighted by molar-refractivity contribution is -0.219. The van der Waals surface area contributed by atoms with E-state index in [0.717, 1.165) is 5.01 Å². The van der Waals surface area contributed by atoms with Gasteiger partial charge in [-0.3, -0.25) is 9.80 Å². The molecule has 0 spiro atoms. The molecule has 0 fully saturated rings. The molecule has 1 amide bonds. The fraction of sp³-hybridized carbons (Fsp3) is 0.182. The number of primary amides is 1. The van der Waals surface area contributed by atoms with E-state index in [4.69, 9.17) is 18.0 Å². The zero-order valence-electron chi connectivity index (χ0n) is 9.59. The van der Waals surface area contributed by atoms with Crippen molar-refractivity contribution in [2.24, 2.45) is 10.8 Å². The molecule has 0 saturated carbocycles. The van der Waals surface area contributed by atoms with E-state index in [0.29, 0.717) is 5.56 Å². The number of nitrogens with two attached hydrogens (primary N) is 1. The van der Waals surface area contributed by atoms with E-state index in [2.05, 4.69) is 5.10 Å². The quantitative estimate of drug-likeness (QED) is 0.360. The number of halogens is 1. The van der Waals surface area contributed by atoms with Crippen LogP contribution in [0, 0.1) is 5.82 Å². The fourth-order valence-corrected chi connectivity index (χ4v) is 1.37. The molecule has 0 bridgehead atoms. The molecular formula is C11H11FN3O2S-. The van der Waals surface area contributed by atoms with Gasteiger partial charge in [-0.2, -0.15) is 5.10 Å². The normalized spacial score (nSPS) is 11.1. The third-order valence-electron chi connectivity index (χ3n) is 1.95. The largest absolute Gasteiger partial charge is 0.860 e. The summed E-state index contributed by atoms with van der Waals surface area (Å²) >= 11 is 5.03. The summed E-state index contributed by atoms with van der Waals surface area (Å²) in [6.45, 7) is 0. The molecule has 0 aliphatic rings. The molecule has 1 rings (SSSR count). The first-order valence-electron chi connectivity index (χ1n) is 4.96. The Morgan fingerprint density at radius 1 is 1.61 bits per heavy atom. The van der Waals surface area contributed by atoms with Crippen LogP contribution in [-0.4, -0.2) is 28.9 Å². The van der Waals surface area contributed by atoms with Crippen molar-refractivity contribution in [1.82, 2.24) is 5.01 Å². The lowest BCUT2D eigenvalue weighted by atomic mass is 10.2. The third-order valence-corrected chi connectivity index (χ3v) is 2.45. The Labute approximate surface area is 109 Å². The Hall–Kier alpha value is -2.02. The van der Waals surface area contributed by atoms with Crippen molar-refractivity contribution in [3.63, 3.8) is 0 Å². The zero-order valence-corrected chi connectivity index (χ0v) is 10.4. The molecule has 18 heavy (non-hydrogen) atoms. The maximum absolute atomic E-state index is 13.0. The molecule has 0 atom stereocenters. The van der Waals surface area contributed by atoms with Crippen LogP contribution in [0.2, 0.25) is 0 Å². The van der Waals surface area contributed by atoms with Crippen LogP contribution in [0.25, 0.3) is 0 Å². The van der Waals surface area contributed by atoms with E-state index in [1.165, 1.54) is 25.2 Å². The first-order chi connectivity index (χ1) is 8.40. The lowest BCUT2D eigenvalue weighted by Gasteiger charge is -2.18. The van der Waals surface area contributed by atoms with Crippen LogP contribution in [0.15, 0.2) is 29.4 Å². The number of carbonyl (C=O) groups is 1. The predicted octanol–water partition coefficient (Wildman–Crippen LogP) is -0.0178. The molecule has 7 heteroatoms. The summed E-state index contributed by atoms with van der Waals surface area (Å²) in [7, 11) is 1.44. The van der Waals surface area contributed by atoms with Crippen LogP contribution >= 0.6 is 12.2 Å². The van der Waals surface area contributed by atoms with Crippen molar-refractivity contribution in [1.29, 1.82) is 0 Å². The summed E-state index contributed by atoms with van der Waals surface area (Å²) in [6, 6.07) is 5.60. The van der Waals surface area contributed by atoms with Crippen molar-refractivity contribution in [2.75, 3.05) is 7.05 Å². The van der Waals surface area contributed by atoms with Gasteiger partial charge in [0.05, 0.1) is 6.42 Å². The van der Waals surface area contributed by atoms with Gasteiger partial charge in [0.1, 0.15) is 10.8 Å². The Kier molecular flexibility index (Phi) is 4.73. The van der Waals surface area contributed by atoms with Gasteiger partial charge >= 0.3 is 0 Å². The van der Waals surface area contributed by atoms with Crippen molar-refractivity contribution in [2.45, 2.75) is 6.42 Å². The topological polar surface area (TPSA) is 81.8 Å². The first-order valence-corrected chi connectivity index (χ1v) is 5.37. The van der Waals surface area contributed by atoms with Crippen LogP contribution in [0.1, 0.15) is 12.0 Å². The van der Waals surface area contributed by atoms with Crippen LogP contribution in [0.4, 0.5) is 4.39 Å². The van der Waals surface area contributed by atoms with Crippen molar-refractivity contribution in [3.05, 3.63) is 35.6 Å². The smallest absolute Gasteiger partial charge is 0.222 e. The van der Waals surface area contributed by atoms with E-state index >= 15 is 0 Å². The summed E-state index contributed by atoms with van der Waals surface area (Å²) in [4.78, 5) is 10.7. The molecule has 2 N–H and O–H groups in total. The van der Waals surface area contributed by atoms with Crippen molar-refractivity contribution < 1.29 is 14.3 Å². The minimum Gasteiger partial charge on any atom is -0.860 e. The number of hydrazone groups is 1. The summed E-state index contributed by atoms with van der Waals surface area (Å²) in [5, 5.41) is 15.9. The van der Waals surface area contributed by atoms with Crippen LogP contribution in [0.3, 0.4) is 0 Å². The van der Waals surface area contributed by atoms with Gasteiger partial charge in [0.2, 0.25) is 5.91 Å². The molecule has 0 aliphatic carbocycles. The van der Waals surface area contributed by atoms with Crippen LogP contribution in [-0.2, 0) is 4.79 Å². The minimum absolute atomic E-state index is 0.173. The summed E-state index contributed by atoms with van der Waals surface area (Å²) in [5.74, 6) is -1.91. The van der Waals surface area contributed by atoms with Crippen LogP contribution < -0.4 is 10.8 Å². The van der Waals surface area contributed by atoms with E-state index in [1.807, 2.05) is 0 Å². The molecule has 1 aromatic rings. The number of amides is 1. The SMILES string of the molecule is CN(N=C([O-])CC(N)=O)C(=S)c1cccc(F)c1. The monoisotopic (exact) mass is 268 g/mol. The number of benzene rings is 1. The highest BCUT2D eigenvalue weighted by Crippen LogP contribution is 2.08. The Balaban J connectivity index is 2.81. The van der Waals surface area contributed by atoms with Gasteiger partial charge in [-0.25, -0.2) is 4.39 Å². The number of hydrogen-bond donors (Lipinski definition) is 1. The zero-order chi connectivity index (χ0) is 13.7. The molecule has 0 aromatic heterocycles. The summed E-state index contributed by atoms with van der Waals surface area (Å²) in [6.07, 6.45) is -0.490. The second kappa shape index (κ2) is 6.06. The molecule has 1 aromatic carbocycles. The number of rotatable bonds is 4. The first kappa shape index (κ1) is 14.0. The van der Waals surface area contributed by atoms with E-state index in [9.17, 15) is 14.3 Å². The molecule has 5 nitrogen and oxygen atoms in total. The molecule has 96 valence electrons. The Morgan fingerprint density at radius 3 is 2.83 bits per heavy atom. The highest BCUT2D eigenvalue weighted by Gasteiger charge is 2.07. The molecule has 0 heterocycles. The predicted molar refractivity (Wildman–Crippen MR) is 67.1 cm³/mol. The van der Waals surface area contributed by atoms with Gasteiger partial charge in [-0.15, -0.1) is 0 Å². The molecule has 0 unspecified atom stereocenters. The second-order valence-corrected chi connectivity index (χ2v) is 3.86. The summed E-state index contributed by atoms with van der Waals surface area (Å²) < 4.78 is 13.0. The van der Waals surface area contributed by atoms with Crippen LogP contribution in [0.5, 0.6) is 0 Å². The number of nitrogens with zero attached hydrogens (tertiary/aromatic N) is 2. The fourth-order valence-electron chi connectivity index (χ4n) is 1.21. The molecular weight excluding hydrogens is 257 g/mol. The molecule has 0 radical (unpaired) electrons. The van der Waals surface area contributed by atoms with E-state index < -0.39 is 24.0 Å². The average molecular weight is 268 g/mol. The van der Waals surface area contributed by atoms with Gasteiger partial charge in [0.15, 0.2) is 0 Å². The van der Waals surface area contributed by atoms with Gasteiger partial charge < -0.3 is 10.8 Å². The van der Waals surface area contributed by atoms with Gasteiger partial charge in [-0.1, -0.05) is 24.4 Å². The standard InChI is InChI=1S/C11H12FN3O2S/c1-15(14-10(17)6-9(13)16)11(18)7-3-2-4-8(12)5-7/h2-5H,6H2,1H3,(H2,13,16)(H,14,17)/p-1. The lowest BCUT2D eigenvalue weighted by Crippen LogP contribution is -2.30.